The zero-order chi connectivity index (χ0) is 23.5. The summed E-state index contributed by atoms with van der Waals surface area (Å²) < 4.78 is 2.61. The van der Waals surface area contributed by atoms with Crippen LogP contribution in [-0.2, 0) is 0 Å². The average molecular weight is 469 g/mol. The van der Waals surface area contributed by atoms with Crippen LogP contribution in [0.3, 0.4) is 0 Å². The predicted octanol–water partition coefficient (Wildman–Crippen LogP) is 1.99. The highest BCUT2D eigenvalue weighted by atomic mass is 35.5. The molecule has 0 saturated carbocycles. The molecule has 0 aliphatic carbocycles. The molecule has 0 bridgehead atoms. The number of halogens is 1. The van der Waals surface area contributed by atoms with E-state index < -0.39 is 17.8 Å². The van der Waals surface area contributed by atoms with E-state index in [1.54, 1.807) is 36.4 Å². The second kappa shape index (κ2) is 9.50. The number of benzene rings is 2. The standard InChI is InChI=1S/C23H24ClN5O4/c1-2-20(21(30)16-3-5-17(24)6-4-16)29-22(31)28(15-25-29)19-9-7-18(8-10-19)26-11-13-27(14-12-26)23(32)33/h3-10,15,20H,2,11-14H2,1H3,(H,32,33)/p-1. The molecule has 9 nitrogen and oxygen atoms in total. The summed E-state index contributed by atoms with van der Waals surface area (Å²) in [7, 11) is 0. The van der Waals surface area contributed by atoms with Crippen LogP contribution in [0.15, 0.2) is 59.7 Å². The third-order valence-electron chi connectivity index (χ3n) is 5.84. The van der Waals surface area contributed by atoms with E-state index in [-0.39, 0.29) is 5.78 Å². The molecule has 1 aliphatic rings. The number of piperazine rings is 1. The van der Waals surface area contributed by atoms with Crippen molar-refractivity contribution >= 4 is 29.2 Å². The minimum atomic E-state index is -1.15. The number of hydrogen-bond acceptors (Lipinski definition) is 6. The molecular weight excluding hydrogens is 446 g/mol. The Kier molecular flexibility index (Phi) is 6.50. The molecule has 0 N–H and O–H groups in total. The predicted molar refractivity (Wildman–Crippen MR) is 122 cm³/mol. The number of rotatable bonds is 6. The number of carboxylic acid groups (broad SMARTS) is 1. The number of Topliss-reactive ketones (excluding diaryl/α,β-unsaturated/α-hetero) is 1. The van der Waals surface area contributed by atoms with Crippen molar-refractivity contribution in [1.82, 2.24) is 19.2 Å². The maximum Gasteiger partial charge on any atom is 0.351 e. The van der Waals surface area contributed by atoms with E-state index in [2.05, 4.69) is 10.00 Å². The van der Waals surface area contributed by atoms with Gasteiger partial charge < -0.3 is 19.7 Å². The van der Waals surface area contributed by atoms with Crippen molar-refractivity contribution in [2.75, 3.05) is 31.1 Å². The molecule has 1 saturated heterocycles. The largest absolute Gasteiger partial charge is 0.530 e. The van der Waals surface area contributed by atoms with Crippen LogP contribution in [0, 0.1) is 0 Å². The van der Waals surface area contributed by atoms with Crippen molar-refractivity contribution < 1.29 is 14.7 Å². The topological polar surface area (TPSA) is 104 Å². The normalized spacial score (nSPS) is 14.8. The minimum Gasteiger partial charge on any atom is -0.530 e. The summed E-state index contributed by atoms with van der Waals surface area (Å²) in [5, 5.41) is 15.7. The van der Waals surface area contributed by atoms with Crippen molar-refractivity contribution in [3.8, 4) is 5.69 Å². The first kappa shape index (κ1) is 22.6. The SMILES string of the molecule is CCC(C(=O)c1ccc(Cl)cc1)n1ncn(-c2ccc(N3CCN(C(=O)[O-])CC3)cc2)c1=O. The molecule has 0 spiro atoms. The summed E-state index contributed by atoms with van der Waals surface area (Å²) in [6, 6.07) is 13.2. The fraction of sp³-hybridized carbons (Fsp3) is 0.304. The first-order chi connectivity index (χ1) is 15.9. The number of anilines is 1. The van der Waals surface area contributed by atoms with E-state index in [1.165, 1.54) is 20.5 Å². The molecule has 1 aromatic heterocycles. The molecule has 33 heavy (non-hydrogen) atoms. The molecule has 1 atom stereocenters. The second-order valence-corrected chi connectivity index (χ2v) is 8.22. The highest BCUT2D eigenvalue weighted by Crippen LogP contribution is 2.20. The van der Waals surface area contributed by atoms with Gasteiger partial charge in [-0.05, 0) is 55.0 Å². The molecule has 4 rings (SSSR count). The Bertz CT molecular complexity index is 1190. The lowest BCUT2D eigenvalue weighted by Gasteiger charge is -2.37. The first-order valence-corrected chi connectivity index (χ1v) is 11.0. The molecular formula is C23H23ClN5O4-. The van der Waals surface area contributed by atoms with Crippen LogP contribution < -0.4 is 15.7 Å². The van der Waals surface area contributed by atoms with Crippen LogP contribution in [0.5, 0.6) is 0 Å². The van der Waals surface area contributed by atoms with Gasteiger partial charge in [0.1, 0.15) is 18.5 Å². The van der Waals surface area contributed by atoms with Crippen molar-refractivity contribution in [1.29, 1.82) is 0 Å². The highest BCUT2D eigenvalue weighted by Gasteiger charge is 2.24. The monoisotopic (exact) mass is 468 g/mol. The minimum absolute atomic E-state index is 0.201. The molecule has 2 heterocycles. The molecule has 10 heteroatoms. The maximum atomic E-state index is 13.1. The van der Waals surface area contributed by atoms with Crippen molar-refractivity contribution in [2.24, 2.45) is 0 Å². The summed E-state index contributed by atoms with van der Waals surface area (Å²) in [5.41, 5.74) is 1.62. The van der Waals surface area contributed by atoms with Gasteiger partial charge in [0.2, 0.25) is 0 Å². The molecule has 1 aliphatic heterocycles. The van der Waals surface area contributed by atoms with Gasteiger partial charge in [-0.1, -0.05) is 18.5 Å². The maximum absolute atomic E-state index is 13.1. The quantitative estimate of drug-likeness (QED) is 0.512. The third kappa shape index (κ3) is 4.63. The molecule has 172 valence electrons. The number of amides is 1. The lowest BCUT2D eigenvalue weighted by Crippen LogP contribution is -2.52. The van der Waals surface area contributed by atoms with Gasteiger partial charge in [-0.15, -0.1) is 0 Å². The molecule has 3 aromatic rings. The first-order valence-electron chi connectivity index (χ1n) is 10.7. The van der Waals surface area contributed by atoms with Crippen LogP contribution in [0.4, 0.5) is 10.5 Å². The zero-order valence-electron chi connectivity index (χ0n) is 18.1. The summed E-state index contributed by atoms with van der Waals surface area (Å²) in [5.74, 6) is -0.201. The Balaban J connectivity index is 1.52. The number of aromatic nitrogens is 3. The van der Waals surface area contributed by atoms with Gasteiger partial charge in [0.25, 0.3) is 0 Å². The molecule has 1 amide bonds. The van der Waals surface area contributed by atoms with Crippen LogP contribution in [0.2, 0.25) is 5.02 Å². The lowest BCUT2D eigenvalue weighted by molar-refractivity contribution is -0.265. The molecule has 1 fully saturated rings. The Morgan fingerprint density at radius 2 is 1.61 bits per heavy atom. The Morgan fingerprint density at radius 1 is 1.00 bits per heavy atom. The third-order valence-corrected chi connectivity index (χ3v) is 6.09. The lowest BCUT2D eigenvalue weighted by atomic mass is 10.0. The van der Waals surface area contributed by atoms with Crippen LogP contribution in [-0.4, -0.2) is 57.3 Å². The van der Waals surface area contributed by atoms with E-state index in [9.17, 15) is 19.5 Å². The Labute approximate surface area is 195 Å². The van der Waals surface area contributed by atoms with Crippen LogP contribution >= 0.6 is 11.6 Å². The molecule has 0 radical (unpaired) electrons. The van der Waals surface area contributed by atoms with E-state index in [0.29, 0.717) is 48.9 Å². The van der Waals surface area contributed by atoms with Crippen molar-refractivity contribution in [2.45, 2.75) is 19.4 Å². The number of ketones is 1. The summed E-state index contributed by atoms with van der Waals surface area (Å²) >= 11 is 5.91. The molecule has 1 unspecified atom stereocenters. The van der Waals surface area contributed by atoms with Gasteiger partial charge in [0.15, 0.2) is 5.78 Å². The highest BCUT2D eigenvalue weighted by molar-refractivity contribution is 6.30. The van der Waals surface area contributed by atoms with Gasteiger partial charge in [0.05, 0.1) is 5.69 Å². The van der Waals surface area contributed by atoms with Crippen molar-refractivity contribution in [3.05, 3.63) is 75.9 Å². The Hall–Kier alpha value is -3.59. The number of carbonyl (C=O) groups excluding carboxylic acids is 2. The summed E-state index contributed by atoms with van der Waals surface area (Å²) in [4.78, 5) is 40.4. The fourth-order valence-corrected chi connectivity index (χ4v) is 4.08. The van der Waals surface area contributed by atoms with Crippen molar-refractivity contribution in [3.63, 3.8) is 0 Å². The van der Waals surface area contributed by atoms with E-state index in [0.717, 1.165) is 5.69 Å². The number of carbonyl (C=O) groups is 2. The zero-order valence-corrected chi connectivity index (χ0v) is 18.8. The molecule has 2 aromatic carbocycles. The fourth-order valence-electron chi connectivity index (χ4n) is 3.95. The van der Waals surface area contributed by atoms with Gasteiger partial charge in [-0.25, -0.2) is 14.0 Å². The number of hydrogen-bond donors (Lipinski definition) is 0. The number of nitrogens with zero attached hydrogens (tertiary/aromatic N) is 5. The van der Waals surface area contributed by atoms with Gasteiger partial charge >= 0.3 is 5.69 Å². The van der Waals surface area contributed by atoms with Gasteiger partial charge in [-0.3, -0.25) is 4.79 Å². The van der Waals surface area contributed by atoms with Crippen LogP contribution in [0.1, 0.15) is 29.7 Å². The van der Waals surface area contributed by atoms with E-state index in [4.69, 9.17) is 11.6 Å². The smallest absolute Gasteiger partial charge is 0.351 e. The van der Waals surface area contributed by atoms with Crippen LogP contribution in [0.25, 0.3) is 5.69 Å². The van der Waals surface area contributed by atoms with E-state index in [1.807, 2.05) is 19.1 Å². The van der Waals surface area contributed by atoms with Gasteiger partial charge in [0, 0.05) is 42.5 Å². The average Bonchev–Trinajstić information content (AvgIpc) is 3.21. The Morgan fingerprint density at radius 3 is 2.18 bits per heavy atom. The second-order valence-electron chi connectivity index (χ2n) is 7.78. The van der Waals surface area contributed by atoms with Gasteiger partial charge in [-0.2, -0.15) is 5.10 Å². The van der Waals surface area contributed by atoms with E-state index >= 15 is 0 Å². The summed E-state index contributed by atoms with van der Waals surface area (Å²) in [6.07, 6.45) is 0.671. The summed E-state index contributed by atoms with van der Waals surface area (Å²) in [6.45, 7) is 3.73.